The van der Waals surface area contributed by atoms with E-state index in [1.54, 1.807) is 0 Å². The summed E-state index contributed by atoms with van der Waals surface area (Å²) in [6.07, 6.45) is -4.53. The molecule has 1 nitrogen and oxygen atoms in total. The summed E-state index contributed by atoms with van der Waals surface area (Å²) in [6.45, 7) is 0. The van der Waals surface area contributed by atoms with Crippen molar-refractivity contribution in [2.75, 3.05) is 0 Å². The van der Waals surface area contributed by atoms with E-state index in [9.17, 15) is 18.0 Å². The summed E-state index contributed by atoms with van der Waals surface area (Å²) in [5, 5.41) is 0.413. The summed E-state index contributed by atoms with van der Waals surface area (Å²) in [5.74, 6) is -0.616. The van der Waals surface area contributed by atoms with Gasteiger partial charge < -0.3 is 0 Å². The molecule has 2 aromatic rings. The first-order chi connectivity index (χ1) is 9.70. The van der Waals surface area contributed by atoms with Crippen molar-refractivity contribution in [1.29, 1.82) is 0 Å². The maximum atomic E-state index is 12.7. The molecule has 0 saturated carbocycles. The van der Waals surface area contributed by atoms with Gasteiger partial charge in [0.05, 0.1) is 10.6 Å². The second-order valence-corrected chi connectivity index (χ2v) is 5.84. The van der Waals surface area contributed by atoms with E-state index >= 15 is 0 Å². The summed E-state index contributed by atoms with van der Waals surface area (Å²) in [5.41, 5.74) is -0.936. The van der Waals surface area contributed by atoms with Crippen LogP contribution in [0.5, 0.6) is 0 Å². The first-order valence-corrected chi connectivity index (χ1v) is 7.11. The van der Waals surface area contributed by atoms with Crippen molar-refractivity contribution < 1.29 is 18.0 Å². The summed E-state index contributed by atoms with van der Waals surface area (Å²) < 4.78 is 38.4. The van der Waals surface area contributed by atoms with Crippen LogP contribution in [0.4, 0.5) is 13.2 Å². The Labute approximate surface area is 136 Å². The Kier molecular flexibility index (Phi) is 4.66. The number of hydrogen-bond donors (Lipinski definition) is 0. The van der Waals surface area contributed by atoms with Gasteiger partial charge in [-0.25, -0.2) is 0 Å². The number of carbonyl (C=O) groups excluding carboxylic acids is 1. The largest absolute Gasteiger partial charge is 0.416 e. The van der Waals surface area contributed by atoms with Crippen LogP contribution in [0.15, 0.2) is 40.9 Å². The van der Waals surface area contributed by atoms with Crippen LogP contribution in [-0.2, 0) is 6.18 Å². The third-order valence-corrected chi connectivity index (χ3v) is 3.95. The molecular formula is C14H6BrCl2F3O. The minimum absolute atomic E-state index is 0.0804. The van der Waals surface area contributed by atoms with Crippen molar-refractivity contribution in [3.05, 3.63) is 67.6 Å². The zero-order valence-electron chi connectivity index (χ0n) is 10.1. The van der Waals surface area contributed by atoms with E-state index in [4.69, 9.17) is 23.2 Å². The number of ketones is 1. The number of benzene rings is 2. The molecule has 7 heteroatoms. The van der Waals surface area contributed by atoms with Gasteiger partial charge in [-0.3, -0.25) is 4.79 Å². The summed E-state index contributed by atoms with van der Waals surface area (Å²) in [6, 6.07) is 7.04. The van der Waals surface area contributed by atoms with Crippen molar-refractivity contribution in [2.24, 2.45) is 0 Å². The molecule has 2 aromatic carbocycles. The number of rotatable bonds is 2. The lowest BCUT2D eigenvalue weighted by Crippen LogP contribution is -2.09. The fraction of sp³-hybridized carbons (Fsp3) is 0.0714. The predicted molar refractivity (Wildman–Crippen MR) is 79.0 cm³/mol. The van der Waals surface area contributed by atoms with Crippen molar-refractivity contribution in [3.63, 3.8) is 0 Å². The lowest BCUT2D eigenvalue weighted by molar-refractivity contribution is -0.137. The molecule has 0 bridgehead atoms. The first kappa shape index (κ1) is 16.3. The normalized spacial score (nSPS) is 11.5. The van der Waals surface area contributed by atoms with E-state index in [1.165, 1.54) is 24.3 Å². The topological polar surface area (TPSA) is 17.1 Å². The molecule has 21 heavy (non-hydrogen) atoms. The summed E-state index contributed by atoms with van der Waals surface area (Å²) >= 11 is 14.7. The summed E-state index contributed by atoms with van der Waals surface area (Å²) in [7, 11) is 0. The highest BCUT2D eigenvalue weighted by atomic mass is 79.9. The summed E-state index contributed by atoms with van der Waals surface area (Å²) in [4.78, 5) is 12.4. The second-order valence-electron chi connectivity index (χ2n) is 4.15. The van der Waals surface area contributed by atoms with E-state index in [2.05, 4.69) is 15.9 Å². The molecule has 0 N–H and O–H groups in total. The molecular weight excluding hydrogens is 392 g/mol. The fourth-order valence-electron chi connectivity index (χ4n) is 1.69. The quantitative estimate of drug-likeness (QED) is 0.567. The van der Waals surface area contributed by atoms with Crippen molar-refractivity contribution in [2.45, 2.75) is 6.18 Å². The molecule has 0 saturated heterocycles. The van der Waals surface area contributed by atoms with E-state index in [-0.39, 0.29) is 20.6 Å². The Morgan fingerprint density at radius 3 is 2.24 bits per heavy atom. The van der Waals surface area contributed by atoms with Crippen LogP contribution >= 0.6 is 39.1 Å². The molecule has 0 fully saturated rings. The monoisotopic (exact) mass is 396 g/mol. The SMILES string of the molecule is O=C(c1ccc(Cl)cc1Cl)c1cc(C(F)(F)F)ccc1Br. The number of alkyl halides is 3. The minimum Gasteiger partial charge on any atom is -0.289 e. The van der Waals surface area contributed by atoms with Crippen molar-refractivity contribution >= 4 is 44.9 Å². The van der Waals surface area contributed by atoms with Crippen LogP contribution in [0.1, 0.15) is 21.5 Å². The van der Waals surface area contributed by atoms with Gasteiger partial charge in [0.1, 0.15) is 0 Å². The lowest BCUT2D eigenvalue weighted by atomic mass is 10.0. The Morgan fingerprint density at radius 2 is 1.67 bits per heavy atom. The average molecular weight is 398 g/mol. The molecule has 0 aliphatic heterocycles. The van der Waals surface area contributed by atoms with Crippen molar-refractivity contribution in [1.82, 2.24) is 0 Å². The molecule has 0 aliphatic rings. The van der Waals surface area contributed by atoms with Gasteiger partial charge in [-0.05, 0) is 36.4 Å². The van der Waals surface area contributed by atoms with Gasteiger partial charge in [-0.2, -0.15) is 13.2 Å². The van der Waals surface area contributed by atoms with Crippen molar-refractivity contribution in [3.8, 4) is 0 Å². The van der Waals surface area contributed by atoms with E-state index in [0.717, 1.165) is 12.1 Å². The van der Waals surface area contributed by atoms with Crippen LogP contribution in [0, 0.1) is 0 Å². The van der Waals surface area contributed by atoms with Gasteiger partial charge in [0.15, 0.2) is 5.78 Å². The zero-order valence-corrected chi connectivity index (χ0v) is 13.2. The van der Waals surface area contributed by atoms with Crippen LogP contribution in [0.25, 0.3) is 0 Å². The van der Waals surface area contributed by atoms with E-state index in [1.807, 2.05) is 0 Å². The standard InChI is InChI=1S/C14H6BrCl2F3O/c15-11-4-1-7(14(18,19)20)5-10(11)13(21)9-3-2-8(16)6-12(9)17/h1-6H. The number of halogens is 6. The molecule has 110 valence electrons. The number of carbonyl (C=O) groups is 1. The Morgan fingerprint density at radius 1 is 1.00 bits per heavy atom. The minimum atomic E-state index is -4.53. The molecule has 0 atom stereocenters. The van der Waals surface area contributed by atoms with Crippen LogP contribution < -0.4 is 0 Å². The molecule has 0 aliphatic carbocycles. The maximum absolute atomic E-state index is 12.7. The van der Waals surface area contributed by atoms with Crippen LogP contribution in [0.2, 0.25) is 10.0 Å². The zero-order chi connectivity index (χ0) is 15.8. The molecule has 0 unspecified atom stereocenters. The highest BCUT2D eigenvalue weighted by Gasteiger charge is 2.31. The van der Waals surface area contributed by atoms with Gasteiger partial charge in [-0.15, -0.1) is 0 Å². The third kappa shape index (κ3) is 3.59. The van der Waals surface area contributed by atoms with Gasteiger partial charge in [0.25, 0.3) is 0 Å². The smallest absolute Gasteiger partial charge is 0.289 e. The molecule has 0 aromatic heterocycles. The fourth-order valence-corrected chi connectivity index (χ4v) is 2.62. The van der Waals surface area contributed by atoms with Crippen LogP contribution in [0.3, 0.4) is 0 Å². The molecule has 0 radical (unpaired) electrons. The van der Waals surface area contributed by atoms with E-state index < -0.39 is 17.5 Å². The second kappa shape index (κ2) is 5.99. The lowest BCUT2D eigenvalue weighted by Gasteiger charge is -2.11. The predicted octanol–water partition coefficient (Wildman–Crippen LogP) is 6.01. The van der Waals surface area contributed by atoms with Gasteiger partial charge >= 0.3 is 6.18 Å². The Bertz CT molecular complexity index is 714. The van der Waals surface area contributed by atoms with Crippen LogP contribution in [-0.4, -0.2) is 5.78 Å². The molecule has 2 rings (SSSR count). The molecule has 0 amide bonds. The maximum Gasteiger partial charge on any atom is 0.416 e. The van der Waals surface area contributed by atoms with Gasteiger partial charge in [0, 0.05) is 20.6 Å². The third-order valence-electron chi connectivity index (χ3n) is 2.71. The van der Waals surface area contributed by atoms with E-state index in [0.29, 0.717) is 5.02 Å². The molecule has 0 spiro atoms. The average Bonchev–Trinajstić information content (AvgIpc) is 2.37. The highest BCUT2D eigenvalue weighted by Crippen LogP contribution is 2.33. The van der Waals surface area contributed by atoms with Gasteiger partial charge in [-0.1, -0.05) is 39.1 Å². The highest BCUT2D eigenvalue weighted by molar-refractivity contribution is 9.10. The Balaban J connectivity index is 2.53. The molecule has 0 heterocycles. The first-order valence-electron chi connectivity index (χ1n) is 5.56. The Hall–Kier alpha value is -1.04. The van der Waals surface area contributed by atoms with Gasteiger partial charge in [0.2, 0.25) is 0 Å². The number of hydrogen-bond acceptors (Lipinski definition) is 1.